The fourth-order valence-corrected chi connectivity index (χ4v) is 2.35. The number of carbonyl (C=O) groups is 1. The molecule has 0 atom stereocenters. The molecule has 1 aliphatic rings. The first kappa shape index (κ1) is 13.7. The van der Waals surface area contributed by atoms with Crippen LogP contribution in [-0.4, -0.2) is 12.6 Å². The molecule has 0 saturated carbocycles. The van der Waals surface area contributed by atoms with E-state index in [-0.39, 0.29) is 5.97 Å². The van der Waals surface area contributed by atoms with Crippen molar-refractivity contribution in [2.45, 2.75) is 39.2 Å². The lowest BCUT2D eigenvalue weighted by Gasteiger charge is -2.20. The maximum atomic E-state index is 11.9. The van der Waals surface area contributed by atoms with Gasteiger partial charge in [0, 0.05) is 12.2 Å². The molecule has 3 heteroatoms. The number of hydrogen-bond acceptors (Lipinski definition) is 3. The molecule has 0 bridgehead atoms. The molecule has 1 aliphatic carbocycles. The summed E-state index contributed by atoms with van der Waals surface area (Å²) in [5.74, 6) is -0.155. The molecule has 0 radical (unpaired) electrons. The maximum Gasteiger partial charge on any atom is 0.335 e. The summed E-state index contributed by atoms with van der Waals surface area (Å²) in [7, 11) is 0. The Morgan fingerprint density at radius 3 is 2.68 bits per heavy atom. The Labute approximate surface area is 114 Å². The van der Waals surface area contributed by atoms with Crippen molar-refractivity contribution in [2.24, 2.45) is 0 Å². The Kier molecular flexibility index (Phi) is 5.01. The van der Waals surface area contributed by atoms with Gasteiger partial charge >= 0.3 is 5.97 Å². The smallest absolute Gasteiger partial charge is 0.335 e. The highest BCUT2D eigenvalue weighted by molar-refractivity contribution is 5.89. The van der Waals surface area contributed by atoms with Gasteiger partial charge < -0.3 is 10.1 Å². The number of allylic oxidation sites excluding steroid dienone is 1. The van der Waals surface area contributed by atoms with E-state index < -0.39 is 0 Å². The Morgan fingerprint density at radius 2 is 1.95 bits per heavy atom. The van der Waals surface area contributed by atoms with E-state index in [9.17, 15) is 4.79 Å². The summed E-state index contributed by atoms with van der Waals surface area (Å²) < 4.78 is 5.13. The van der Waals surface area contributed by atoms with Crippen LogP contribution in [0.25, 0.3) is 0 Å². The first-order valence-electron chi connectivity index (χ1n) is 6.98. The van der Waals surface area contributed by atoms with Crippen LogP contribution in [0.4, 0.5) is 0 Å². The van der Waals surface area contributed by atoms with Crippen LogP contribution in [-0.2, 0) is 16.1 Å². The monoisotopic (exact) mass is 259 g/mol. The van der Waals surface area contributed by atoms with Crippen LogP contribution in [0.1, 0.15) is 38.2 Å². The van der Waals surface area contributed by atoms with Crippen molar-refractivity contribution in [1.29, 1.82) is 0 Å². The van der Waals surface area contributed by atoms with E-state index in [0.717, 1.165) is 43.5 Å². The van der Waals surface area contributed by atoms with Crippen molar-refractivity contribution in [2.75, 3.05) is 6.61 Å². The molecule has 0 amide bonds. The highest BCUT2D eigenvalue weighted by Crippen LogP contribution is 2.24. The van der Waals surface area contributed by atoms with Gasteiger partial charge in [0.15, 0.2) is 0 Å². The Bertz CT molecular complexity index is 451. The molecule has 1 aromatic carbocycles. The summed E-state index contributed by atoms with van der Waals surface area (Å²) in [6.45, 7) is 3.05. The fraction of sp³-hybridized carbons (Fsp3) is 0.438. The van der Waals surface area contributed by atoms with Crippen molar-refractivity contribution in [3.05, 3.63) is 47.2 Å². The lowest BCUT2D eigenvalue weighted by molar-refractivity contribution is -0.138. The molecular weight excluding hydrogens is 238 g/mol. The highest BCUT2D eigenvalue weighted by Gasteiger charge is 2.19. The average Bonchev–Trinajstić information content (AvgIpc) is 2.47. The lowest BCUT2D eigenvalue weighted by Crippen LogP contribution is -2.22. The van der Waals surface area contributed by atoms with Gasteiger partial charge in [0.25, 0.3) is 0 Å². The Hall–Kier alpha value is -1.77. The third-order valence-electron chi connectivity index (χ3n) is 3.34. The summed E-state index contributed by atoms with van der Waals surface area (Å²) in [5.41, 5.74) is 3.13. The van der Waals surface area contributed by atoms with Gasteiger partial charge in [0.05, 0.1) is 12.2 Å². The minimum absolute atomic E-state index is 0.155. The zero-order valence-electron chi connectivity index (χ0n) is 11.4. The topological polar surface area (TPSA) is 38.3 Å². The van der Waals surface area contributed by atoms with Crippen LogP contribution < -0.4 is 5.32 Å². The number of rotatable bonds is 5. The van der Waals surface area contributed by atoms with Crippen LogP contribution in [0.5, 0.6) is 0 Å². The van der Waals surface area contributed by atoms with Gasteiger partial charge in [-0.05, 0) is 38.2 Å². The first-order valence-corrected chi connectivity index (χ1v) is 6.98. The molecule has 3 nitrogen and oxygen atoms in total. The summed E-state index contributed by atoms with van der Waals surface area (Å²) in [4.78, 5) is 11.9. The van der Waals surface area contributed by atoms with E-state index in [1.807, 2.05) is 25.1 Å². The number of ether oxygens (including phenoxy) is 1. The minimum atomic E-state index is -0.155. The minimum Gasteiger partial charge on any atom is -0.463 e. The molecule has 0 fully saturated rings. The van der Waals surface area contributed by atoms with Crippen LogP contribution in [0.2, 0.25) is 0 Å². The molecule has 0 heterocycles. The van der Waals surface area contributed by atoms with Crippen molar-refractivity contribution in [3.63, 3.8) is 0 Å². The van der Waals surface area contributed by atoms with Crippen LogP contribution in [0, 0.1) is 0 Å². The van der Waals surface area contributed by atoms with Gasteiger partial charge in [-0.25, -0.2) is 4.79 Å². The standard InChI is InChI=1S/C16H21NO2/c1-2-19-16(18)14-10-6-7-11-15(14)17-12-13-8-4-3-5-9-13/h3-5,8-9,17H,2,6-7,10-12H2,1H3. The fourth-order valence-electron chi connectivity index (χ4n) is 2.35. The Morgan fingerprint density at radius 1 is 1.21 bits per heavy atom. The molecule has 0 aliphatic heterocycles. The number of benzene rings is 1. The molecule has 0 spiro atoms. The van der Waals surface area contributed by atoms with Gasteiger partial charge in [0.2, 0.25) is 0 Å². The number of nitrogens with one attached hydrogen (secondary N) is 1. The van der Waals surface area contributed by atoms with Crippen molar-refractivity contribution in [3.8, 4) is 0 Å². The molecule has 1 N–H and O–H groups in total. The highest BCUT2D eigenvalue weighted by atomic mass is 16.5. The van der Waals surface area contributed by atoms with Gasteiger partial charge in [0.1, 0.15) is 0 Å². The molecule has 0 saturated heterocycles. The van der Waals surface area contributed by atoms with Crippen molar-refractivity contribution < 1.29 is 9.53 Å². The van der Waals surface area contributed by atoms with E-state index >= 15 is 0 Å². The summed E-state index contributed by atoms with van der Waals surface area (Å²) in [6.07, 6.45) is 3.99. The third kappa shape index (κ3) is 3.85. The predicted molar refractivity (Wildman–Crippen MR) is 75.4 cm³/mol. The molecule has 2 rings (SSSR count). The average molecular weight is 259 g/mol. The normalized spacial score (nSPS) is 15.2. The quantitative estimate of drug-likeness (QED) is 0.825. The van der Waals surface area contributed by atoms with E-state index in [1.165, 1.54) is 5.56 Å². The summed E-state index contributed by atoms with van der Waals surface area (Å²) in [5, 5.41) is 3.41. The second-order valence-electron chi connectivity index (χ2n) is 4.72. The predicted octanol–water partition coefficient (Wildman–Crippen LogP) is 3.17. The van der Waals surface area contributed by atoms with Crippen LogP contribution in [0.3, 0.4) is 0 Å². The third-order valence-corrected chi connectivity index (χ3v) is 3.34. The van der Waals surface area contributed by atoms with Gasteiger partial charge in [-0.2, -0.15) is 0 Å². The van der Waals surface area contributed by atoms with E-state index in [2.05, 4.69) is 17.4 Å². The van der Waals surface area contributed by atoms with Gasteiger partial charge in [-0.3, -0.25) is 0 Å². The number of carbonyl (C=O) groups excluding carboxylic acids is 1. The second-order valence-corrected chi connectivity index (χ2v) is 4.72. The first-order chi connectivity index (χ1) is 9.31. The molecular formula is C16H21NO2. The van der Waals surface area contributed by atoms with Crippen molar-refractivity contribution in [1.82, 2.24) is 5.32 Å². The zero-order chi connectivity index (χ0) is 13.5. The SMILES string of the molecule is CCOC(=O)C1=C(NCc2ccccc2)CCCC1. The molecule has 0 unspecified atom stereocenters. The lowest BCUT2D eigenvalue weighted by atomic mass is 9.96. The van der Waals surface area contributed by atoms with Crippen molar-refractivity contribution >= 4 is 5.97 Å². The van der Waals surface area contributed by atoms with Gasteiger partial charge in [-0.1, -0.05) is 30.3 Å². The summed E-state index contributed by atoms with van der Waals surface area (Å²) >= 11 is 0. The Balaban J connectivity index is 2.04. The molecule has 19 heavy (non-hydrogen) atoms. The second kappa shape index (κ2) is 6.98. The maximum absolute atomic E-state index is 11.9. The zero-order valence-corrected chi connectivity index (χ0v) is 11.4. The molecule has 102 valence electrons. The number of hydrogen-bond donors (Lipinski definition) is 1. The van der Waals surface area contributed by atoms with Crippen LogP contribution in [0.15, 0.2) is 41.6 Å². The van der Waals surface area contributed by atoms with E-state index in [0.29, 0.717) is 6.61 Å². The number of esters is 1. The largest absolute Gasteiger partial charge is 0.463 e. The molecule has 1 aromatic rings. The van der Waals surface area contributed by atoms with Crippen LogP contribution >= 0.6 is 0 Å². The van der Waals surface area contributed by atoms with Gasteiger partial charge in [-0.15, -0.1) is 0 Å². The van der Waals surface area contributed by atoms with E-state index in [4.69, 9.17) is 4.74 Å². The molecule has 0 aromatic heterocycles. The van der Waals surface area contributed by atoms with E-state index in [1.54, 1.807) is 0 Å². The summed E-state index contributed by atoms with van der Waals surface area (Å²) in [6, 6.07) is 10.2.